The van der Waals surface area contributed by atoms with Crippen LogP contribution < -0.4 is 5.73 Å². The summed E-state index contributed by atoms with van der Waals surface area (Å²) in [6.45, 7) is 1.35. The Morgan fingerprint density at radius 3 is 2.39 bits per heavy atom. The number of nitrogens with two attached hydrogens (primary N) is 1. The lowest BCUT2D eigenvalue weighted by Crippen LogP contribution is -2.31. The monoisotopic (exact) mass is 302 g/mol. The molecule has 0 atom stereocenters. The molecule has 0 aromatic heterocycles. The Morgan fingerprint density at radius 2 is 1.65 bits per heavy atom. The Kier molecular flexibility index (Phi) is 3.42. The summed E-state index contributed by atoms with van der Waals surface area (Å²) in [6.07, 6.45) is 0.750. The maximum atomic E-state index is 6.11. The topological polar surface area (TPSA) is 54.0 Å². The van der Waals surface area contributed by atoms with Crippen molar-refractivity contribution in [2.45, 2.75) is 13.0 Å². The molecular formula is C19H18N4. The lowest BCUT2D eigenvalue weighted by Gasteiger charge is -2.26. The van der Waals surface area contributed by atoms with Crippen LogP contribution in [0, 0.1) is 0 Å². The highest BCUT2D eigenvalue weighted by molar-refractivity contribution is 6.12. The summed E-state index contributed by atoms with van der Waals surface area (Å²) >= 11 is 0. The van der Waals surface area contributed by atoms with Crippen molar-refractivity contribution in [3.05, 3.63) is 83.2 Å². The Bertz CT molecular complexity index is 804. The lowest BCUT2D eigenvalue weighted by molar-refractivity contribution is 0.339. The minimum Gasteiger partial charge on any atom is -0.384 e. The molecule has 0 radical (unpaired) electrons. The van der Waals surface area contributed by atoms with Gasteiger partial charge in [-0.1, -0.05) is 60.7 Å². The summed E-state index contributed by atoms with van der Waals surface area (Å²) in [6, 6.07) is 20.7. The zero-order valence-corrected chi connectivity index (χ0v) is 12.8. The summed E-state index contributed by atoms with van der Waals surface area (Å²) in [5.74, 6) is 1.60. The molecule has 0 saturated carbocycles. The molecular weight excluding hydrogens is 284 g/mol. The van der Waals surface area contributed by atoms with Crippen molar-refractivity contribution in [3.63, 3.8) is 0 Å². The molecule has 0 spiro atoms. The predicted molar refractivity (Wildman–Crippen MR) is 93.1 cm³/mol. The van der Waals surface area contributed by atoms with Crippen LogP contribution in [0.4, 0.5) is 0 Å². The second kappa shape index (κ2) is 5.72. The molecule has 2 aromatic rings. The van der Waals surface area contributed by atoms with Crippen LogP contribution in [-0.4, -0.2) is 23.1 Å². The zero-order valence-electron chi connectivity index (χ0n) is 12.8. The van der Waals surface area contributed by atoms with E-state index in [0.29, 0.717) is 12.5 Å². The van der Waals surface area contributed by atoms with E-state index in [1.807, 2.05) is 24.3 Å². The molecule has 2 heterocycles. The number of amidine groups is 1. The number of hydrogen-bond acceptors (Lipinski definition) is 4. The van der Waals surface area contributed by atoms with Crippen molar-refractivity contribution in [1.82, 2.24) is 4.90 Å². The van der Waals surface area contributed by atoms with E-state index >= 15 is 0 Å². The molecule has 2 aliphatic rings. The van der Waals surface area contributed by atoms with Gasteiger partial charge in [0, 0.05) is 18.5 Å². The van der Waals surface area contributed by atoms with E-state index in [1.165, 1.54) is 5.56 Å². The average Bonchev–Trinajstić information content (AvgIpc) is 3.06. The molecule has 4 nitrogen and oxygen atoms in total. The van der Waals surface area contributed by atoms with Gasteiger partial charge < -0.3 is 10.6 Å². The molecule has 2 aliphatic heterocycles. The predicted octanol–water partition coefficient (Wildman–Crippen LogP) is 2.92. The first kappa shape index (κ1) is 13.8. The van der Waals surface area contributed by atoms with Crippen LogP contribution in [0.5, 0.6) is 0 Å². The van der Waals surface area contributed by atoms with Crippen LogP contribution >= 0.6 is 0 Å². The highest BCUT2D eigenvalue weighted by Gasteiger charge is 2.28. The average molecular weight is 302 g/mol. The molecule has 0 aliphatic carbocycles. The zero-order chi connectivity index (χ0) is 15.6. The minimum atomic E-state index is 0.561. The van der Waals surface area contributed by atoms with E-state index in [1.54, 1.807) is 0 Å². The number of hydrogen-bond donors (Lipinski definition) is 1. The molecule has 2 N–H and O–H groups in total. The highest BCUT2D eigenvalue weighted by Crippen LogP contribution is 2.29. The Hall–Kier alpha value is -2.88. The third-order valence-electron chi connectivity index (χ3n) is 4.20. The van der Waals surface area contributed by atoms with Gasteiger partial charge in [-0.05, 0) is 11.1 Å². The van der Waals surface area contributed by atoms with Gasteiger partial charge in [0.1, 0.15) is 18.3 Å². The summed E-state index contributed by atoms with van der Waals surface area (Å²) in [4.78, 5) is 11.5. The minimum absolute atomic E-state index is 0.561. The summed E-state index contributed by atoms with van der Waals surface area (Å²) in [5, 5.41) is 0. The largest absolute Gasteiger partial charge is 0.384 e. The molecule has 23 heavy (non-hydrogen) atoms. The van der Waals surface area contributed by atoms with Crippen LogP contribution in [-0.2, 0) is 6.54 Å². The number of aliphatic imine (C=N–C) groups is 2. The molecule has 0 saturated heterocycles. The van der Waals surface area contributed by atoms with Gasteiger partial charge in [0.25, 0.3) is 0 Å². The van der Waals surface area contributed by atoms with E-state index < -0.39 is 0 Å². The van der Waals surface area contributed by atoms with Crippen molar-refractivity contribution >= 4 is 11.5 Å². The fourth-order valence-electron chi connectivity index (χ4n) is 3.00. The van der Waals surface area contributed by atoms with Gasteiger partial charge >= 0.3 is 0 Å². The molecule has 4 rings (SSSR count). The maximum absolute atomic E-state index is 6.11. The van der Waals surface area contributed by atoms with Crippen molar-refractivity contribution < 1.29 is 0 Å². The highest BCUT2D eigenvalue weighted by atomic mass is 15.3. The normalized spacial score (nSPS) is 17.0. The van der Waals surface area contributed by atoms with Crippen LogP contribution in [0.15, 0.2) is 82.0 Å². The quantitative estimate of drug-likeness (QED) is 0.947. The molecule has 114 valence electrons. The SMILES string of the molecule is NC1=NCN(Cc2ccccc2)C2=C1CC(c1ccccc1)=N2. The smallest absolute Gasteiger partial charge is 0.137 e. The first-order chi connectivity index (χ1) is 11.3. The van der Waals surface area contributed by atoms with Gasteiger partial charge in [0.05, 0.1) is 5.71 Å². The van der Waals surface area contributed by atoms with Gasteiger partial charge in [-0.15, -0.1) is 0 Å². The van der Waals surface area contributed by atoms with Gasteiger partial charge in [-0.2, -0.15) is 0 Å². The Balaban J connectivity index is 1.64. The second-order valence-corrected chi connectivity index (χ2v) is 5.77. The van der Waals surface area contributed by atoms with Crippen molar-refractivity contribution in [3.8, 4) is 0 Å². The van der Waals surface area contributed by atoms with E-state index in [4.69, 9.17) is 10.7 Å². The van der Waals surface area contributed by atoms with Gasteiger partial charge in [0.2, 0.25) is 0 Å². The molecule has 0 fully saturated rings. The van der Waals surface area contributed by atoms with E-state index in [0.717, 1.165) is 35.6 Å². The van der Waals surface area contributed by atoms with Crippen molar-refractivity contribution in [2.24, 2.45) is 15.7 Å². The van der Waals surface area contributed by atoms with Gasteiger partial charge in [-0.25, -0.2) is 9.98 Å². The molecule has 2 aromatic carbocycles. The number of nitrogens with zero attached hydrogens (tertiary/aromatic N) is 3. The third-order valence-corrected chi connectivity index (χ3v) is 4.20. The maximum Gasteiger partial charge on any atom is 0.137 e. The number of rotatable bonds is 3. The molecule has 4 heteroatoms. The lowest BCUT2D eigenvalue weighted by atomic mass is 10.0. The third kappa shape index (κ3) is 2.63. The van der Waals surface area contributed by atoms with E-state index in [2.05, 4.69) is 46.3 Å². The van der Waals surface area contributed by atoms with Gasteiger partial charge in [0.15, 0.2) is 0 Å². The second-order valence-electron chi connectivity index (χ2n) is 5.77. The van der Waals surface area contributed by atoms with Crippen molar-refractivity contribution in [1.29, 1.82) is 0 Å². The van der Waals surface area contributed by atoms with Crippen LogP contribution in [0.1, 0.15) is 17.5 Å². The van der Waals surface area contributed by atoms with Crippen LogP contribution in [0.25, 0.3) is 0 Å². The van der Waals surface area contributed by atoms with Crippen molar-refractivity contribution in [2.75, 3.05) is 6.67 Å². The summed E-state index contributed by atoms with van der Waals surface area (Å²) in [7, 11) is 0. The summed E-state index contributed by atoms with van der Waals surface area (Å²) in [5.41, 5.74) is 10.6. The Labute approximate surface area is 135 Å². The van der Waals surface area contributed by atoms with Crippen LogP contribution in [0.3, 0.4) is 0 Å². The van der Waals surface area contributed by atoms with E-state index in [9.17, 15) is 0 Å². The van der Waals surface area contributed by atoms with Gasteiger partial charge in [-0.3, -0.25) is 0 Å². The number of benzene rings is 2. The first-order valence-electron chi connectivity index (χ1n) is 7.76. The first-order valence-corrected chi connectivity index (χ1v) is 7.76. The Morgan fingerprint density at radius 1 is 0.957 bits per heavy atom. The van der Waals surface area contributed by atoms with E-state index in [-0.39, 0.29) is 0 Å². The molecule has 0 amide bonds. The fraction of sp³-hybridized carbons (Fsp3) is 0.158. The molecule has 0 bridgehead atoms. The van der Waals surface area contributed by atoms with Crippen LogP contribution in [0.2, 0.25) is 0 Å². The fourth-order valence-corrected chi connectivity index (χ4v) is 3.00. The standard InChI is InChI=1S/C19H18N4/c20-18-16-11-17(15-9-5-2-6-10-15)22-19(16)23(13-21-18)12-14-7-3-1-4-8-14/h1-10H,11-13H2,(H2,20,21). The molecule has 0 unspecified atom stereocenters. The summed E-state index contributed by atoms with van der Waals surface area (Å²) < 4.78 is 0.